The number of amides is 1. The van der Waals surface area contributed by atoms with Crippen LogP contribution < -0.4 is 15.0 Å². The number of carbonyl (C=O) groups excluding carboxylic acids is 1. The number of hydrogen-bond acceptors (Lipinski definition) is 7. The molecule has 28 heavy (non-hydrogen) atoms. The van der Waals surface area contributed by atoms with Crippen LogP contribution in [0.3, 0.4) is 0 Å². The van der Waals surface area contributed by atoms with Crippen LogP contribution in [0.5, 0.6) is 5.75 Å². The zero-order valence-electron chi connectivity index (χ0n) is 16.4. The second-order valence-corrected chi connectivity index (χ2v) is 7.67. The third-order valence-electron chi connectivity index (χ3n) is 4.17. The number of morpholine rings is 1. The van der Waals surface area contributed by atoms with E-state index in [9.17, 15) is 4.79 Å². The number of nitrogens with zero attached hydrogens (tertiary/aromatic N) is 3. The van der Waals surface area contributed by atoms with Crippen LogP contribution >= 0.6 is 11.8 Å². The van der Waals surface area contributed by atoms with Gasteiger partial charge in [0.25, 0.3) is 0 Å². The summed E-state index contributed by atoms with van der Waals surface area (Å²) in [6.07, 6.45) is 1.87. The number of carbonyl (C=O) groups is 1. The number of nitrogens with one attached hydrogen (secondary N) is 1. The highest BCUT2D eigenvalue weighted by atomic mass is 32.2. The fourth-order valence-corrected chi connectivity index (χ4v) is 3.75. The Bertz CT molecular complexity index is 777. The van der Waals surface area contributed by atoms with Crippen molar-refractivity contribution in [2.45, 2.75) is 38.0 Å². The van der Waals surface area contributed by atoms with Gasteiger partial charge in [0.15, 0.2) is 0 Å². The van der Waals surface area contributed by atoms with E-state index in [-0.39, 0.29) is 23.9 Å². The van der Waals surface area contributed by atoms with Crippen molar-refractivity contribution in [1.29, 1.82) is 0 Å². The van der Waals surface area contributed by atoms with Gasteiger partial charge in [0.05, 0.1) is 24.6 Å². The molecule has 2 heterocycles. The van der Waals surface area contributed by atoms with Gasteiger partial charge < -0.3 is 19.7 Å². The Morgan fingerprint density at radius 1 is 1.25 bits per heavy atom. The lowest BCUT2D eigenvalue weighted by Gasteiger charge is -2.36. The normalized spacial score (nSPS) is 19.3. The SMILES string of the molecule is CCOc1ccc(NC(=O)CSc2cc(N3CC(C)OC(C)C3)ncn2)cc1. The summed E-state index contributed by atoms with van der Waals surface area (Å²) in [6, 6.07) is 9.27. The van der Waals surface area contributed by atoms with Crippen LogP contribution in [0.25, 0.3) is 0 Å². The zero-order chi connectivity index (χ0) is 19.9. The lowest BCUT2D eigenvalue weighted by atomic mass is 10.2. The fourth-order valence-electron chi connectivity index (χ4n) is 3.08. The lowest BCUT2D eigenvalue weighted by molar-refractivity contribution is -0.113. The molecule has 150 valence electrons. The van der Waals surface area contributed by atoms with Crippen molar-refractivity contribution < 1.29 is 14.3 Å². The molecular weight excluding hydrogens is 376 g/mol. The molecule has 1 fully saturated rings. The van der Waals surface area contributed by atoms with E-state index in [0.29, 0.717) is 6.61 Å². The molecule has 0 aliphatic carbocycles. The summed E-state index contributed by atoms with van der Waals surface area (Å²) in [6.45, 7) is 8.26. The Morgan fingerprint density at radius 3 is 2.64 bits per heavy atom. The van der Waals surface area contributed by atoms with Gasteiger partial charge in [0.1, 0.15) is 22.9 Å². The van der Waals surface area contributed by atoms with Crippen molar-refractivity contribution in [2.24, 2.45) is 0 Å². The van der Waals surface area contributed by atoms with Gasteiger partial charge in [0, 0.05) is 24.8 Å². The second-order valence-electron chi connectivity index (χ2n) is 6.67. The molecule has 1 N–H and O–H groups in total. The maximum Gasteiger partial charge on any atom is 0.234 e. The second kappa shape index (κ2) is 9.75. The summed E-state index contributed by atoms with van der Waals surface area (Å²) < 4.78 is 11.2. The summed E-state index contributed by atoms with van der Waals surface area (Å²) in [5.41, 5.74) is 0.744. The largest absolute Gasteiger partial charge is 0.494 e. The summed E-state index contributed by atoms with van der Waals surface area (Å²) >= 11 is 1.39. The van der Waals surface area contributed by atoms with Crippen LogP contribution in [0.15, 0.2) is 41.7 Å². The minimum Gasteiger partial charge on any atom is -0.494 e. The molecule has 0 spiro atoms. The molecule has 1 amide bonds. The van der Waals surface area contributed by atoms with E-state index in [2.05, 4.69) is 34.0 Å². The number of ether oxygens (including phenoxy) is 2. The zero-order valence-corrected chi connectivity index (χ0v) is 17.2. The topological polar surface area (TPSA) is 76.6 Å². The predicted molar refractivity (Wildman–Crippen MR) is 111 cm³/mol. The number of anilines is 2. The molecule has 2 aromatic rings. The minimum absolute atomic E-state index is 0.0806. The number of hydrogen-bond donors (Lipinski definition) is 1. The Kier molecular flexibility index (Phi) is 7.11. The van der Waals surface area contributed by atoms with Gasteiger partial charge in [-0.2, -0.15) is 0 Å². The maximum absolute atomic E-state index is 12.2. The number of aromatic nitrogens is 2. The quantitative estimate of drug-likeness (QED) is 0.563. The molecule has 1 aliphatic heterocycles. The number of rotatable bonds is 7. The molecule has 1 aliphatic rings. The van der Waals surface area contributed by atoms with E-state index in [0.717, 1.165) is 35.4 Å². The first kappa shape index (κ1) is 20.4. The standard InChI is InChI=1S/C20H26N4O3S/c1-4-26-17-7-5-16(6-8-17)23-19(25)12-28-20-9-18(21-13-22-20)24-10-14(2)27-15(3)11-24/h5-9,13-15H,4,10-12H2,1-3H3,(H,23,25). The van der Waals surface area contributed by atoms with Crippen molar-refractivity contribution in [3.8, 4) is 5.75 Å². The average molecular weight is 403 g/mol. The van der Waals surface area contributed by atoms with Crippen LogP contribution in [-0.2, 0) is 9.53 Å². The van der Waals surface area contributed by atoms with Gasteiger partial charge >= 0.3 is 0 Å². The molecule has 1 aromatic heterocycles. The monoisotopic (exact) mass is 402 g/mol. The van der Waals surface area contributed by atoms with E-state index < -0.39 is 0 Å². The van der Waals surface area contributed by atoms with E-state index in [1.165, 1.54) is 11.8 Å². The Hall–Kier alpha value is -2.32. The third-order valence-corrected chi connectivity index (χ3v) is 5.10. The van der Waals surface area contributed by atoms with Crippen LogP contribution in [0.1, 0.15) is 20.8 Å². The van der Waals surface area contributed by atoms with Gasteiger partial charge in [-0.15, -0.1) is 0 Å². The molecule has 2 atom stereocenters. The first-order valence-electron chi connectivity index (χ1n) is 9.41. The number of thioether (sulfide) groups is 1. The minimum atomic E-state index is -0.0806. The maximum atomic E-state index is 12.2. The molecule has 7 nitrogen and oxygen atoms in total. The van der Waals surface area contributed by atoms with Crippen molar-refractivity contribution in [2.75, 3.05) is 35.7 Å². The fraction of sp³-hybridized carbons (Fsp3) is 0.450. The molecule has 0 bridgehead atoms. The molecule has 1 saturated heterocycles. The Labute approximate surface area is 169 Å². The summed E-state index contributed by atoms with van der Waals surface area (Å²) in [4.78, 5) is 23.1. The van der Waals surface area contributed by atoms with Gasteiger partial charge in [0.2, 0.25) is 5.91 Å². The van der Waals surface area contributed by atoms with E-state index in [4.69, 9.17) is 9.47 Å². The molecule has 0 radical (unpaired) electrons. The first-order valence-corrected chi connectivity index (χ1v) is 10.4. The van der Waals surface area contributed by atoms with Crippen LogP contribution in [0, 0.1) is 0 Å². The summed E-state index contributed by atoms with van der Waals surface area (Å²) in [5, 5.41) is 3.66. The highest BCUT2D eigenvalue weighted by Crippen LogP contribution is 2.23. The van der Waals surface area contributed by atoms with Gasteiger partial charge in [-0.05, 0) is 45.0 Å². The molecule has 1 aromatic carbocycles. The molecule has 0 saturated carbocycles. The highest BCUT2D eigenvalue weighted by molar-refractivity contribution is 7.99. The van der Waals surface area contributed by atoms with Crippen molar-refractivity contribution in [3.05, 3.63) is 36.7 Å². The lowest BCUT2D eigenvalue weighted by Crippen LogP contribution is -2.45. The predicted octanol–water partition coefficient (Wildman–Crippen LogP) is 3.22. The van der Waals surface area contributed by atoms with Crippen LogP contribution in [0.2, 0.25) is 0 Å². The van der Waals surface area contributed by atoms with E-state index in [1.807, 2.05) is 37.3 Å². The third kappa shape index (κ3) is 5.84. The highest BCUT2D eigenvalue weighted by Gasteiger charge is 2.23. The van der Waals surface area contributed by atoms with Gasteiger partial charge in [-0.25, -0.2) is 9.97 Å². The van der Waals surface area contributed by atoms with Crippen molar-refractivity contribution in [3.63, 3.8) is 0 Å². The summed E-state index contributed by atoms with van der Waals surface area (Å²) in [7, 11) is 0. The Morgan fingerprint density at radius 2 is 1.96 bits per heavy atom. The Balaban J connectivity index is 1.53. The molecule has 8 heteroatoms. The molecule has 3 rings (SSSR count). The van der Waals surface area contributed by atoms with Gasteiger partial charge in [-0.3, -0.25) is 4.79 Å². The molecule has 2 unspecified atom stereocenters. The van der Waals surface area contributed by atoms with Crippen molar-refractivity contribution in [1.82, 2.24) is 9.97 Å². The summed E-state index contributed by atoms with van der Waals surface area (Å²) in [5.74, 6) is 1.85. The van der Waals surface area contributed by atoms with Crippen LogP contribution in [-0.4, -0.2) is 53.5 Å². The smallest absolute Gasteiger partial charge is 0.234 e. The van der Waals surface area contributed by atoms with E-state index in [1.54, 1.807) is 6.33 Å². The first-order chi connectivity index (χ1) is 13.5. The van der Waals surface area contributed by atoms with Crippen LogP contribution in [0.4, 0.5) is 11.5 Å². The van der Waals surface area contributed by atoms with E-state index >= 15 is 0 Å². The van der Waals surface area contributed by atoms with Crippen molar-refractivity contribution >= 4 is 29.2 Å². The van der Waals surface area contributed by atoms with Gasteiger partial charge in [-0.1, -0.05) is 11.8 Å². The average Bonchev–Trinajstić information content (AvgIpc) is 2.68. The number of benzene rings is 1. The molecular formula is C20H26N4O3S.